The van der Waals surface area contributed by atoms with E-state index in [2.05, 4.69) is 4.72 Å². The molecule has 0 saturated heterocycles. The quantitative estimate of drug-likeness (QED) is 0.644. The van der Waals surface area contributed by atoms with Crippen molar-refractivity contribution >= 4 is 15.7 Å². The van der Waals surface area contributed by atoms with E-state index >= 15 is 0 Å². The molecule has 0 spiro atoms. The van der Waals surface area contributed by atoms with Gasteiger partial charge in [-0.1, -0.05) is 6.92 Å². The number of hydrogen-bond donors (Lipinski definition) is 3. The van der Waals surface area contributed by atoms with Crippen LogP contribution in [0.3, 0.4) is 0 Å². The van der Waals surface area contributed by atoms with Gasteiger partial charge < -0.3 is 10.8 Å². The Balaban J connectivity index is 2.74. The zero-order valence-electron chi connectivity index (χ0n) is 9.05. The maximum Gasteiger partial charge on any atom is 0.240 e. The third-order valence-corrected chi connectivity index (χ3v) is 3.56. The van der Waals surface area contributed by atoms with Crippen molar-refractivity contribution in [2.75, 3.05) is 18.9 Å². The predicted molar refractivity (Wildman–Crippen MR) is 62.3 cm³/mol. The number of aliphatic hydroxyl groups is 1. The van der Waals surface area contributed by atoms with Crippen molar-refractivity contribution in [1.82, 2.24) is 4.72 Å². The molecule has 1 atom stereocenters. The summed E-state index contributed by atoms with van der Waals surface area (Å²) in [5.74, 6) is -0.108. The van der Waals surface area contributed by atoms with Crippen molar-refractivity contribution < 1.29 is 13.5 Å². The standard InChI is InChI=1S/C10H16N2O3S/c1-8(7-13)6-12-16(14,15)10-4-2-9(11)3-5-10/h2-5,8,12-13H,6-7,11H2,1H3. The fourth-order valence-corrected chi connectivity index (χ4v) is 2.21. The van der Waals surface area contributed by atoms with Gasteiger partial charge in [-0.3, -0.25) is 0 Å². The largest absolute Gasteiger partial charge is 0.399 e. The number of hydrogen-bond acceptors (Lipinski definition) is 4. The van der Waals surface area contributed by atoms with Crippen molar-refractivity contribution in [2.24, 2.45) is 5.92 Å². The highest BCUT2D eigenvalue weighted by Crippen LogP contribution is 2.11. The molecule has 6 heteroatoms. The topological polar surface area (TPSA) is 92.4 Å². The molecule has 0 heterocycles. The van der Waals surface area contributed by atoms with Gasteiger partial charge in [-0.25, -0.2) is 13.1 Å². The zero-order valence-corrected chi connectivity index (χ0v) is 9.87. The highest BCUT2D eigenvalue weighted by atomic mass is 32.2. The smallest absolute Gasteiger partial charge is 0.240 e. The highest BCUT2D eigenvalue weighted by molar-refractivity contribution is 7.89. The van der Waals surface area contributed by atoms with Crippen LogP contribution in [-0.2, 0) is 10.0 Å². The predicted octanol–water partition coefficient (Wildman–Crippen LogP) is 0.175. The minimum Gasteiger partial charge on any atom is -0.399 e. The SMILES string of the molecule is CC(CO)CNS(=O)(=O)c1ccc(N)cc1. The molecule has 0 aliphatic rings. The Morgan fingerprint density at radius 1 is 1.38 bits per heavy atom. The minimum absolute atomic E-state index is 0.0513. The summed E-state index contributed by atoms with van der Waals surface area (Å²) >= 11 is 0. The van der Waals surface area contributed by atoms with Crippen LogP contribution in [0.4, 0.5) is 5.69 Å². The third-order valence-electron chi connectivity index (χ3n) is 2.12. The molecule has 0 aliphatic heterocycles. The first-order valence-corrected chi connectivity index (χ1v) is 6.40. The van der Waals surface area contributed by atoms with Gasteiger partial charge >= 0.3 is 0 Å². The minimum atomic E-state index is -3.50. The van der Waals surface area contributed by atoms with E-state index in [4.69, 9.17) is 10.8 Å². The van der Waals surface area contributed by atoms with Gasteiger partial charge in [-0.05, 0) is 30.2 Å². The molecule has 0 bridgehead atoms. The molecule has 0 amide bonds. The first kappa shape index (κ1) is 13.0. The first-order valence-electron chi connectivity index (χ1n) is 4.92. The number of anilines is 1. The van der Waals surface area contributed by atoms with E-state index < -0.39 is 10.0 Å². The average molecular weight is 244 g/mol. The summed E-state index contributed by atoms with van der Waals surface area (Å²) in [6.45, 7) is 1.92. The van der Waals surface area contributed by atoms with Crippen LogP contribution in [0.1, 0.15) is 6.92 Å². The van der Waals surface area contributed by atoms with Crippen molar-refractivity contribution in [2.45, 2.75) is 11.8 Å². The fourth-order valence-electron chi connectivity index (χ4n) is 1.05. The number of aliphatic hydroxyl groups excluding tert-OH is 1. The van der Waals surface area contributed by atoms with Crippen molar-refractivity contribution in [3.05, 3.63) is 24.3 Å². The molecule has 4 N–H and O–H groups in total. The zero-order chi connectivity index (χ0) is 12.2. The summed E-state index contributed by atoms with van der Waals surface area (Å²) < 4.78 is 25.9. The van der Waals surface area contributed by atoms with Crippen LogP contribution in [0.2, 0.25) is 0 Å². The number of benzene rings is 1. The molecule has 0 radical (unpaired) electrons. The van der Waals surface area contributed by atoms with Gasteiger partial charge in [0.15, 0.2) is 0 Å². The molecule has 16 heavy (non-hydrogen) atoms. The average Bonchev–Trinajstić information content (AvgIpc) is 2.26. The Hall–Kier alpha value is -1.11. The number of sulfonamides is 1. The Labute approximate surface area is 95.3 Å². The summed E-state index contributed by atoms with van der Waals surface area (Å²) in [6, 6.07) is 5.95. The van der Waals surface area contributed by atoms with Crippen molar-refractivity contribution in [3.63, 3.8) is 0 Å². The van der Waals surface area contributed by atoms with Crippen molar-refractivity contribution in [1.29, 1.82) is 0 Å². The lowest BCUT2D eigenvalue weighted by Gasteiger charge is -2.10. The summed E-state index contributed by atoms with van der Waals surface area (Å²) in [5.41, 5.74) is 5.98. The normalized spacial score (nSPS) is 13.6. The van der Waals surface area contributed by atoms with E-state index in [0.717, 1.165) is 0 Å². The maximum absolute atomic E-state index is 11.7. The fraction of sp³-hybridized carbons (Fsp3) is 0.400. The number of nitrogens with two attached hydrogens (primary N) is 1. The van der Waals surface area contributed by atoms with E-state index in [1.54, 1.807) is 6.92 Å². The molecule has 0 saturated carbocycles. The van der Waals surface area contributed by atoms with Crippen LogP contribution in [0, 0.1) is 5.92 Å². The second-order valence-corrected chi connectivity index (χ2v) is 5.48. The third kappa shape index (κ3) is 3.48. The van der Waals surface area contributed by atoms with E-state index in [-0.39, 0.29) is 24.0 Å². The molecule has 1 unspecified atom stereocenters. The molecule has 1 rings (SSSR count). The second-order valence-electron chi connectivity index (χ2n) is 3.71. The molecular formula is C10H16N2O3S. The Morgan fingerprint density at radius 3 is 2.44 bits per heavy atom. The van der Waals surface area contributed by atoms with Gasteiger partial charge in [0.1, 0.15) is 0 Å². The highest BCUT2D eigenvalue weighted by Gasteiger charge is 2.14. The summed E-state index contributed by atoms with van der Waals surface area (Å²) in [7, 11) is -3.50. The Bertz CT molecular complexity index is 428. The van der Waals surface area contributed by atoms with Crippen LogP contribution in [-0.4, -0.2) is 26.7 Å². The Morgan fingerprint density at radius 2 is 1.94 bits per heavy atom. The van der Waals surface area contributed by atoms with E-state index in [1.807, 2.05) is 0 Å². The number of rotatable bonds is 5. The lowest BCUT2D eigenvalue weighted by Crippen LogP contribution is -2.29. The van der Waals surface area contributed by atoms with E-state index in [9.17, 15) is 8.42 Å². The molecule has 0 aliphatic carbocycles. The summed E-state index contributed by atoms with van der Waals surface area (Å²) in [4.78, 5) is 0.173. The molecule has 90 valence electrons. The van der Waals surface area contributed by atoms with Crippen LogP contribution in [0.5, 0.6) is 0 Å². The second kappa shape index (κ2) is 5.29. The van der Waals surface area contributed by atoms with Crippen LogP contribution in [0.25, 0.3) is 0 Å². The molecule has 0 fully saturated rings. The summed E-state index contributed by atoms with van der Waals surface area (Å²) in [5, 5.41) is 8.79. The van der Waals surface area contributed by atoms with Crippen LogP contribution in [0.15, 0.2) is 29.2 Å². The van der Waals surface area contributed by atoms with Gasteiger partial charge in [-0.15, -0.1) is 0 Å². The van der Waals surface area contributed by atoms with E-state index in [1.165, 1.54) is 24.3 Å². The van der Waals surface area contributed by atoms with Crippen LogP contribution < -0.4 is 10.5 Å². The van der Waals surface area contributed by atoms with E-state index in [0.29, 0.717) is 5.69 Å². The maximum atomic E-state index is 11.7. The van der Waals surface area contributed by atoms with Crippen molar-refractivity contribution in [3.8, 4) is 0 Å². The molecular weight excluding hydrogens is 228 g/mol. The first-order chi connectivity index (χ1) is 7.45. The molecule has 0 aromatic heterocycles. The molecule has 1 aromatic carbocycles. The van der Waals surface area contributed by atoms with Gasteiger partial charge in [0.05, 0.1) is 4.90 Å². The van der Waals surface area contributed by atoms with Crippen LogP contribution >= 0.6 is 0 Å². The lowest BCUT2D eigenvalue weighted by atomic mass is 10.2. The summed E-state index contributed by atoms with van der Waals surface area (Å²) in [6.07, 6.45) is 0. The monoisotopic (exact) mass is 244 g/mol. The number of nitrogen functional groups attached to an aromatic ring is 1. The molecule has 1 aromatic rings. The number of nitrogens with one attached hydrogen (secondary N) is 1. The lowest BCUT2D eigenvalue weighted by molar-refractivity contribution is 0.238. The van der Waals surface area contributed by atoms with Gasteiger partial charge in [0, 0.05) is 18.8 Å². The van der Waals surface area contributed by atoms with Gasteiger partial charge in [0.25, 0.3) is 0 Å². The molecule has 5 nitrogen and oxygen atoms in total. The Kier molecular flexibility index (Phi) is 4.28. The van der Waals surface area contributed by atoms with Gasteiger partial charge in [0.2, 0.25) is 10.0 Å². The van der Waals surface area contributed by atoms with Gasteiger partial charge in [-0.2, -0.15) is 0 Å².